The maximum Gasteiger partial charge on any atom is 0.328 e. The van der Waals surface area contributed by atoms with E-state index in [1.807, 2.05) is 6.07 Å². The van der Waals surface area contributed by atoms with E-state index in [4.69, 9.17) is 0 Å². The number of rotatable bonds is 3. The van der Waals surface area contributed by atoms with Crippen molar-refractivity contribution < 1.29 is 14.3 Å². The molecule has 0 aromatic heterocycles. The molecule has 0 aliphatic carbocycles. The molecule has 0 fully saturated rings. The Kier molecular flexibility index (Phi) is 4.96. The van der Waals surface area contributed by atoms with E-state index in [9.17, 15) is 9.59 Å². The minimum atomic E-state index is -0.688. The van der Waals surface area contributed by atoms with Crippen molar-refractivity contribution in [1.82, 2.24) is 5.32 Å². The first kappa shape index (κ1) is 13.5. The molecule has 0 radical (unpaired) electrons. The Morgan fingerprint density at radius 1 is 1.41 bits per heavy atom. The first-order valence-corrected chi connectivity index (χ1v) is 5.73. The van der Waals surface area contributed by atoms with Crippen LogP contribution in [0.5, 0.6) is 0 Å². The van der Waals surface area contributed by atoms with E-state index in [-0.39, 0.29) is 0 Å². The molecule has 92 valence electrons. The van der Waals surface area contributed by atoms with Gasteiger partial charge in [-0.15, -0.1) is 0 Å². The number of carbonyl (C=O) groups is 2. The Balaban J connectivity index is 2.53. The average molecular weight is 301 g/mol. The Morgan fingerprint density at radius 2 is 2.12 bits per heavy atom. The van der Waals surface area contributed by atoms with Gasteiger partial charge in [-0.25, -0.2) is 9.59 Å². The molecule has 1 rings (SSSR count). The molecule has 1 aromatic carbocycles. The second-order valence-electron chi connectivity index (χ2n) is 3.35. The number of hydrogen-bond acceptors (Lipinski definition) is 3. The Morgan fingerprint density at radius 3 is 2.71 bits per heavy atom. The van der Waals surface area contributed by atoms with Crippen LogP contribution in [0.15, 0.2) is 28.7 Å². The minimum Gasteiger partial charge on any atom is -0.467 e. The fraction of sp³-hybridized carbons (Fsp3) is 0.273. The lowest BCUT2D eigenvalue weighted by Gasteiger charge is -2.12. The smallest absolute Gasteiger partial charge is 0.328 e. The molecular weight excluding hydrogens is 288 g/mol. The minimum absolute atomic E-state index is 0.457. The lowest BCUT2D eigenvalue weighted by Crippen LogP contribution is -2.41. The van der Waals surface area contributed by atoms with E-state index in [1.54, 1.807) is 25.1 Å². The fourth-order valence-corrected chi connectivity index (χ4v) is 1.56. The SMILES string of the molecule is COC(=O)[C@H](C)NC(=O)Nc1cccc(Br)c1. The molecule has 0 bridgehead atoms. The molecule has 0 spiro atoms. The number of urea groups is 1. The van der Waals surface area contributed by atoms with Crippen LogP contribution in [0.25, 0.3) is 0 Å². The van der Waals surface area contributed by atoms with E-state index < -0.39 is 18.0 Å². The second kappa shape index (κ2) is 6.24. The van der Waals surface area contributed by atoms with E-state index >= 15 is 0 Å². The predicted molar refractivity (Wildman–Crippen MR) is 67.8 cm³/mol. The molecule has 1 atom stereocenters. The van der Waals surface area contributed by atoms with Crippen LogP contribution in [0, 0.1) is 0 Å². The van der Waals surface area contributed by atoms with E-state index in [0.717, 1.165) is 4.47 Å². The third-order valence-corrected chi connectivity index (χ3v) is 2.48. The van der Waals surface area contributed by atoms with Crippen LogP contribution in [0.2, 0.25) is 0 Å². The highest BCUT2D eigenvalue weighted by Crippen LogP contribution is 2.15. The molecule has 0 saturated carbocycles. The first-order chi connectivity index (χ1) is 8.02. The third kappa shape index (κ3) is 4.44. The van der Waals surface area contributed by atoms with Gasteiger partial charge in [0, 0.05) is 10.2 Å². The number of benzene rings is 1. The second-order valence-corrected chi connectivity index (χ2v) is 4.27. The molecule has 6 heteroatoms. The lowest BCUT2D eigenvalue weighted by atomic mass is 10.3. The number of nitrogens with one attached hydrogen (secondary N) is 2. The average Bonchev–Trinajstić information content (AvgIpc) is 2.27. The number of ether oxygens (including phenoxy) is 1. The zero-order valence-electron chi connectivity index (χ0n) is 9.49. The standard InChI is InChI=1S/C11H13BrN2O3/c1-7(10(15)17-2)13-11(16)14-9-5-3-4-8(12)6-9/h3-7H,1-2H3,(H2,13,14,16)/t7-/m0/s1. The molecule has 17 heavy (non-hydrogen) atoms. The van der Waals surface area contributed by atoms with E-state index in [1.165, 1.54) is 7.11 Å². The predicted octanol–water partition coefficient (Wildman–Crippen LogP) is 2.13. The lowest BCUT2D eigenvalue weighted by molar-refractivity contribution is -0.142. The summed E-state index contributed by atoms with van der Waals surface area (Å²) in [6, 6.07) is 5.99. The zero-order chi connectivity index (χ0) is 12.8. The van der Waals surface area contributed by atoms with E-state index in [2.05, 4.69) is 31.3 Å². The van der Waals surface area contributed by atoms with Crippen molar-refractivity contribution in [1.29, 1.82) is 0 Å². The number of anilines is 1. The Labute approximate surface area is 108 Å². The van der Waals surface area contributed by atoms with Crippen molar-refractivity contribution in [3.05, 3.63) is 28.7 Å². The number of amides is 2. The van der Waals surface area contributed by atoms with Crippen LogP contribution in [-0.2, 0) is 9.53 Å². The van der Waals surface area contributed by atoms with Gasteiger partial charge in [-0.2, -0.15) is 0 Å². The molecule has 0 heterocycles. The molecular formula is C11H13BrN2O3. The number of carbonyl (C=O) groups excluding carboxylic acids is 2. The number of methoxy groups -OCH3 is 1. The van der Waals surface area contributed by atoms with Gasteiger partial charge in [-0.3, -0.25) is 0 Å². The van der Waals surface area contributed by atoms with Crippen molar-refractivity contribution in [2.24, 2.45) is 0 Å². The summed E-state index contributed by atoms with van der Waals surface area (Å²) in [5.41, 5.74) is 0.633. The molecule has 1 aromatic rings. The van der Waals surface area contributed by atoms with Gasteiger partial charge in [0.2, 0.25) is 0 Å². The number of hydrogen-bond donors (Lipinski definition) is 2. The van der Waals surface area contributed by atoms with Crippen LogP contribution < -0.4 is 10.6 Å². The summed E-state index contributed by atoms with van der Waals surface area (Å²) < 4.78 is 5.35. The van der Waals surface area contributed by atoms with Crippen molar-refractivity contribution >= 4 is 33.6 Å². The summed E-state index contributed by atoms with van der Waals surface area (Å²) in [5.74, 6) is -0.491. The van der Waals surface area contributed by atoms with Gasteiger partial charge in [0.1, 0.15) is 6.04 Å². The summed E-state index contributed by atoms with van der Waals surface area (Å²) in [7, 11) is 1.27. The highest BCUT2D eigenvalue weighted by Gasteiger charge is 2.15. The van der Waals surface area contributed by atoms with Crippen molar-refractivity contribution in [3.63, 3.8) is 0 Å². The fourth-order valence-electron chi connectivity index (χ4n) is 1.17. The maximum atomic E-state index is 11.5. The summed E-state index contributed by atoms with van der Waals surface area (Å²) in [4.78, 5) is 22.6. The monoisotopic (exact) mass is 300 g/mol. The molecule has 0 aliphatic rings. The number of esters is 1. The maximum absolute atomic E-state index is 11.5. The highest BCUT2D eigenvalue weighted by molar-refractivity contribution is 9.10. The van der Waals surface area contributed by atoms with Crippen LogP contribution in [0.4, 0.5) is 10.5 Å². The topological polar surface area (TPSA) is 67.4 Å². The Bertz CT molecular complexity index is 423. The van der Waals surface area contributed by atoms with Crippen molar-refractivity contribution in [2.75, 3.05) is 12.4 Å². The molecule has 0 aliphatic heterocycles. The van der Waals surface area contributed by atoms with Crippen LogP contribution in [0.1, 0.15) is 6.92 Å². The van der Waals surface area contributed by atoms with Crippen LogP contribution in [-0.4, -0.2) is 25.2 Å². The Hall–Kier alpha value is -1.56. The van der Waals surface area contributed by atoms with Gasteiger partial charge in [-0.05, 0) is 25.1 Å². The normalized spacial score (nSPS) is 11.5. The number of halogens is 1. The van der Waals surface area contributed by atoms with Crippen LogP contribution >= 0.6 is 15.9 Å². The third-order valence-electron chi connectivity index (χ3n) is 1.98. The van der Waals surface area contributed by atoms with Gasteiger partial charge < -0.3 is 15.4 Å². The molecule has 2 amide bonds. The van der Waals surface area contributed by atoms with Gasteiger partial charge >= 0.3 is 12.0 Å². The molecule has 2 N–H and O–H groups in total. The highest BCUT2D eigenvalue weighted by atomic mass is 79.9. The summed E-state index contributed by atoms with van der Waals surface area (Å²) in [6.07, 6.45) is 0. The van der Waals surface area contributed by atoms with Gasteiger partial charge in [-0.1, -0.05) is 22.0 Å². The summed E-state index contributed by atoms with van der Waals surface area (Å²) in [5, 5.41) is 5.06. The molecule has 0 unspecified atom stereocenters. The molecule has 0 saturated heterocycles. The van der Waals surface area contributed by atoms with Gasteiger partial charge in [0.25, 0.3) is 0 Å². The van der Waals surface area contributed by atoms with Gasteiger partial charge in [0.05, 0.1) is 7.11 Å². The summed E-state index contributed by atoms with van der Waals surface area (Å²) >= 11 is 3.29. The van der Waals surface area contributed by atoms with Crippen LogP contribution in [0.3, 0.4) is 0 Å². The zero-order valence-corrected chi connectivity index (χ0v) is 11.1. The van der Waals surface area contributed by atoms with Gasteiger partial charge in [0.15, 0.2) is 0 Å². The molecule has 5 nitrogen and oxygen atoms in total. The summed E-state index contributed by atoms with van der Waals surface area (Å²) in [6.45, 7) is 1.55. The van der Waals surface area contributed by atoms with Crippen molar-refractivity contribution in [3.8, 4) is 0 Å². The quantitative estimate of drug-likeness (QED) is 0.840. The van der Waals surface area contributed by atoms with Crippen molar-refractivity contribution in [2.45, 2.75) is 13.0 Å². The largest absolute Gasteiger partial charge is 0.467 e. The first-order valence-electron chi connectivity index (χ1n) is 4.94. The van der Waals surface area contributed by atoms with E-state index in [0.29, 0.717) is 5.69 Å².